The molecule has 6 nitrogen and oxygen atoms in total. The molecule has 3 amide bonds. The lowest BCUT2D eigenvalue weighted by Crippen LogP contribution is -2.54. The summed E-state index contributed by atoms with van der Waals surface area (Å²) in [5.41, 5.74) is 3.10. The van der Waals surface area contributed by atoms with E-state index in [9.17, 15) is 14.4 Å². The zero-order valence-electron chi connectivity index (χ0n) is 24.0. The summed E-state index contributed by atoms with van der Waals surface area (Å²) in [6.45, 7) is 6.58. The van der Waals surface area contributed by atoms with Gasteiger partial charge in [-0.25, -0.2) is 0 Å². The Bertz CT molecular complexity index is 1540. The van der Waals surface area contributed by atoms with Gasteiger partial charge < -0.3 is 15.1 Å². The van der Waals surface area contributed by atoms with Crippen molar-refractivity contribution in [2.24, 2.45) is 0 Å². The lowest BCUT2D eigenvalue weighted by molar-refractivity contribution is -0.142. The van der Waals surface area contributed by atoms with E-state index < -0.39 is 11.6 Å². The van der Waals surface area contributed by atoms with E-state index in [4.69, 9.17) is 0 Å². The number of benzene rings is 4. The molecule has 1 N–H and O–H groups in total. The van der Waals surface area contributed by atoms with E-state index >= 15 is 0 Å². The minimum atomic E-state index is -0.684. The Morgan fingerprint density at radius 2 is 1.46 bits per heavy atom. The lowest BCUT2D eigenvalue weighted by Gasteiger charge is -2.34. The van der Waals surface area contributed by atoms with Gasteiger partial charge >= 0.3 is 0 Å². The van der Waals surface area contributed by atoms with Crippen LogP contribution in [-0.2, 0) is 22.6 Å². The summed E-state index contributed by atoms with van der Waals surface area (Å²) in [4.78, 5) is 44.4. The molecule has 4 aromatic rings. The van der Waals surface area contributed by atoms with Crippen molar-refractivity contribution >= 4 is 34.2 Å². The molecule has 0 radical (unpaired) electrons. The Labute approximate surface area is 242 Å². The molecule has 0 saturated heterocycles. The maximum atomic E-state index is 14.0. The predicted molar refractivity (Wildman–Crippen MR) is 164 cm³/mol. The highest BCUT2D eigenvalue weighted by Gasteiger charge is 2.33. The highest BCUT2D eigenvalue weighted by molar-refractivity contribution is 6.25. The first kappa shape index (κ1) is 28.1. The first-order chi connectivity index (χ1) is 19.7. The van der Waals surface area contributed by atoms with Crippen LogP contribution in [0.1, 0.15) is 55.1 Å². The fourth-order valence-corrected chi connectivity index (χ4v) is 5.52. The minimum Gasteiger partial charge on any atom is -0.350 e. The zero-order valence-corrected chi connectivity index (χ0v) is 24.0. The highest BCUT2D eigenvalue weighted by atomic mass is 16.2. The summed E-state index contributed by atoms with van der Waals surface area (Å²) in [5.74, 6) is -0.319. The zero-order chi connectivity index (χ0) is 29.0. The monoisotopic (exact) mass is 547 g/mol. The van der Waals surface area contributed by atoms with Crippen molar-refractivity contribution in [3.8, 4) is 0 Å². The normalized spacial score (nSPS) is 13.3. The van der Waals surface area contributed by atoms with E-state index in [-0.39, 0.29) is 24.1 Å². The maximum absolute atomic E-state index is 14.0. The van der Waals surface area contributed by atoms with Crippen LogP contribution in [0.4, 0.5) is 5.69 Å². The van der Waals surface area contributed by atoms with E-state index in [1.807, 2.05) is 118 Å². The number of hydrogen-bond acceptors (Lipinski definition) is 3. The van der Waals surface area contributed by atoms with E-state index in [1.54, 1.807) is 9.80 Å². The first-order valence-corrected chi connectivity index (χ1v) is 14.2. The second-order valence-corrected chi connectivity index (χ2v) is 11.7. The second kappa shape index (κ2) is 12.0. The molecule has 1 aliphatic rings. The molecule has 0 spiro atoms. The SMILES string of the molecule is CC(C)(C)NC(=O)C(Cc1ccccc1)N(Cc1ccccc1)C(=O)CCCN1C(=O)c2cccc3cccc1c23. The van der Waals surface area contributed by atoms with Gasteiger partial charge in [0.05, 0.1) is 5.69 Å². The van der Waals surface area contributed by atoms with Crippen molar-refractivity contribution in [1.29, 1.82) is 0 Å². The van der Waals surface area contributed by atoms with Gasteiger partial charge in [-0.15, -0.1) is 0 Å². The van der Waals surface area contributed by atoms with Crippen LogP contribution in [0.25, 0.3) is 10.8 Å². The maximum Gasteiger partial charge on any atom is 0.258 e. The molecular formula is C35H37N3O3. The van der Waals surface area contributed by atoms with Crippen molar-refractivity contribution in [3.63, 3.8) is 0 Å². The summed E-state index contributed by atoms with van der Waals surface area (Å²) in [5, 5.41) is 5.11. The molecule has 0 aromatic heterocycles. The first-order valence-electron chi connectivity index (χ1n) is 14.2. The van der Waals surface area contributed by atoms with Crippen molar-refractivity contribution in [3.05, 3.63) is 114 Å². The van der Waals surface area contributed by atoms with Crippen LogP contribution < -0.4 is 10.2 Å². The summed E-state index contributed by atoms with van der Waals surface area (Å²) in [6.07, 6.45) is 1.11. The molecule has 0 aliphatic carbocycles. The lowest BCUT2D eigenvalue weighted by atomic mass is 10.00. The molecule has 6 heteroatoms. The van der Waals surface area contributed by atoms with Gasteiger partial charge in [-0.3, -0.25) is 14.4 Å². The number of anilines is 1. The number of hydrogen-bond donors (Lipinski definition) is 1. The molecular weight excluding hydrogens is 510 g/mol. The molecule has 1 atom stereocenters. The number of amides is 3. The van der Waals surface area contributed by atoms with E-state index in [2.05, 4.69) is 5.32 Å². The Hall–Kier alpha value is -4.45. The average Bonchev–Trinajstić information content (AvgIpc) is 3.23. The van der Waals surface area contributed by atoms with Gasteiger partial charge in [0.2, 0.25) is 11.8 Å². The van der Waals surface area contributed by atoms with Gasteiger partial charge in [0.25, 0.3) is 5.91 Å². The van der Waals surface area contributed by atoms with Crippen LogP contribution in [0.3, 0.4) is 0 Å². The van der Waals surface area contributed by atoms with Gasteiger partial charge in [0.15, 0.2) is 0 Å². The Morgan fingerprint density at radius 3 is 2.12 bits per heavy atom. The van der Waals surface area contributed by atoms with Crippen molar-refractivity contribution in [2.45, 2.75) is 58.2 Å². The smallest absolute Gasteiger partial charge is 0.258 e. The van der Waals surface area contributed by atoms with Crippen LogP contribution in [0.2, 0.25) is 0 Å². The molecule has 1 unspecified atom stereocenters. The summed E-state index contributed by atoms with van der Waals surface area (Å²) in [7, 11) is 0. The van der Waals surface area contributed by atoms with Crippen LogP contribution in [0, 0.1) is 0 Å². The van der Waals surface area contributed by atoms with Gasteiger partial charge in [-0.05, 0) is 55.8 Å². The largest absolute Gasteiger partial charge is 0.350 e. The number of carbonyl (C=O) groups is 3. The molecule has 41 heavy (non-hydrogen) atoms. The highest BCUT2D eigenvalue weighted by Crippen LogP contribution is 2.37. The number of nitrogens with zero attached hydrogens (tertiary/aromatic N) is 2. The number of nitrogens with one attached hydrogen (secondary N) is 1. The standard InChI is InChI=1S/C35H37N3O3/c1-35(2,3)36-33(40)30(23-25-13-6-4-7-14-25)38(24-26-15-8-5-9-16-26)31(39)21-12-22-37-29-20-11-18-27-17-10-19-28(32(27)29)34(37)41/h4-11,13-20,30H,12,21-24H2,1-3H3,(H,36,40). The molecule has 210 valence electrons. The van der Waals surface area contributed by atoms with Crippen molar-refractivity contribution in [1.82, 2.24) is 10.2 Å². The topological polar surface area (TPSA) is 69.7 Å². The second-order valence-electron chi connectivity index (χ2n) is 11.7. The molecule has 1 heterocycles. The molecule has 1 aliphatic heterocycles. The third-order valence-electron chi connectivity index (χ3n) is 7.39. The quantitative estimate of drug-likeness (QED) is 0.260. The van der Waals surface area contributed by atoms with Crippen LogP contribution in [0.15, 0.2) is 97.1 Å². The molecule has 5 rings (SSSR count). The van der Waals surface area contributed by atoms with E-state index in [0.29, 0.717) is 31.5 Å². The summed E-state index contributed by atoms with van der Waals surface area (Å²) in [6, 6.07) is 30.6. The fraction of sp³-hybridized carbons (Fsp3) is 0.286. The van der Waals surface area contributed by atoms with Gasteiger partial charge in [0, 0.05) is 42.4 Å². The number of rotatable bonds is 10. The Balaban J connectivity index is 1.37. The van der Waals surface area contributed by atoms with Gasteiger partial charge in [0.1, 0.15) is 6.04 Å². The van der Waals surface area contributed by atoms with Crippen LogP contribution in [0.5, 0.6) is 0 Å². The average molecular weight is 548 g/mol. The third-order valence-corrected chi connectivity index (χ3v) is 7.39. The van der Waals surface area contributed by atoms with Crippen molar-refractivity contribution < 1.29 is 14.4 Å². The van der Waals surface area contributed by atoms with Crippen LogP contribution >= 0.6 is 0 Å². The minimum absolute atomic E-state index is 0.0306. The fourth-order valence-electron chi connectivity index (χ4n) is 5.52. The van der Waals surface area contributed by atoms with E-state index in [1.165, 1.54) is 0 Å². The Morgan fingerprint density at radius 1 is 0.829 bits per heavy atom. The Kier molecular flexibility index (Phi) is 8.20. The van der Waals surface area contributed by atoms with Gasteiger partial charge in [-0.1, -0.05) is 84.9 Å². The van der Waals surface area contributed by atoms with Crippen molar-refractivity contribution in [2.75, 3.05) is 11.4 Å². The molecule has 0 saturated carbocycles. The molecule has 0 fully saturated rings. The molecule has 4 aromatic carbocycles. The van der Waals surface area contributed by atoms with Crippen LogP contribution in [-0.4, -0.2) is 40.7 Å². The predicted octanol–water partition coefficient (Wildman–Crippen LogP) is 6.14. The van der Waals surface area contributed by atoms with E-state index in [0.717, 1.165) is 27.6 Å². The summed E-state index contributed by atoms with van der Waals surface area (Å²) >= 11 is 0. The number of carbonyl (C=O) groups excluding carboxylic acids is 3. The van der Waals surface area contributed by atoms with Gasteiger partial charge in [-0.2, -0.15) is 0 Å². The third kappa shape index (κ3) is 6.49. The summed E-state index contributed by atoms with van der Waals surface area (Å²) < 4.78 is 0. The molecule has 0 bridgehead atoms.